The van der Waals surface area contributed by atoms with Crippen molar-refractivity contribution in [2.24, 2.45) is 0 Å². The van der Waals surface area contributed by atoms with Crippen LogP contribution in [-0.4, -0.2) is 80.2 Å². The molecular formula is C29H34N2O7S. The maximum Gasteiger partial charge on any atom is 0.328 e. The van der Waals surface area contributed by atoms with Crippen LogP contribution in [0.15, 0.2) is 47.4 Å². The van der Waals surface area contributed by atoms with Crippen LogP contribution in [0.4, 0.5) is 5.69 Å². The van der Waals surface area contributed by atoms with E-state index in [-0.39, 0.29) is 10.7 Å². The van der Waals surface area contributed by atoms with Crippen molar-refractivity contribution in [3.8, 4) is 0 Å². The molecule has 1 fully saturated rings. The van der Waals surface area contributed by atoms with Gasteiger partial charge in [0.2, 0.25) is 0 Å². The average molecular weight is 555 g/mol. The Morgan fingerprint density at radius 3 is 1.79 bits per heavy atom. The third kappa shape index (κ3) is 7.13. The summed E-state index contributed by atoms with van der Waals surface area (Å²) in [5.41, 5.74) is 8.45. The van der Waals surface area contributed by atoms with Crippen LogP contribution in [0.2, 0.25) is 0 Å². The number of hydrogen-bond donors (Lipinski definition) is 2. The van der Waals surface area contributed by atoms with Crippen molar-refractivity contribution in [2.75, 3.05) is 43.9 Å². The van der Waals surface area contributed by atoms with Gasteiger partial charge < -0.3 is 15.1 Å². The van der Waals surface area contributed by atoms with E-state index in [4.69, 9.17) is 10.2 Å². The Labute approximate surface area is 228 Å². The van der Waals surface area contributed by atoms with Crippen molar-refractivity contribution in [3.63, 3.8) is 0 Å². The van der Waals surface area contributed by atoms with Gasteiger partial charge >= 0.3 is 11.9 Å². The van der Waals surface area contributed by atoms with E-state index in [0.29, 0.717) is 24.3 Å². The molecule has 0 radical (unpaired) electrons. The topological polar surface area (TPSA) is 132 Å². The number of carbonyl (C=O) groups excluding carboxylic acids is 1. The van der Waals surface area contributed by atoms with E-state index in [2.05, 4.69) is 15.9 Å². The van der Waals surface area contributed by atoms with E-state index in [1.807, 2.05) is 0 Å². The highest BCUT2D eigenvalue weighted by molar-refractivity contribution is 7.90. The van der Waals surface area contributed by atoms with Crippen LogP contribution in [0, 0.1) is 0 Å². The van der Waals surface area contributed by atoms with Crippen LogP contribution in [0.3, 0.4) is 0 Å². The number of anilines is 1. The highest BCUT2D eigenvalue weighted by atomic mass is 32.2. The lowest BCUT2D eigenvalue weighted by atomic mass is 9.97. The molecule has 2 N–H and O–H groups in total. The first kappa shape index (κ1) is 28.5. The molecule has 0 atom stereocenters. The van der Waals surface area contributed by atoms with Crippen molar-refractivity contribution in [3.05, 3.63) is 70.3 Å². The Balaban J connectivity index is 0.000000386. The van der Waals surface area contributed by atoms with Crippen LogP contribution in [0.1, 0.15) is 45.5 Å². The van der Waals surface area contributed by atoms with Gasteiger partial charge in [0.05, 0.1) is 11.4 Å². The van der Waals surface area contributed by atoms with E-state index in [9.17, 15) is 22.8 Å². The molecule has 9 nitrogen and oxygen atoms in total. The lowest BCUT2D eigenvalue weighted by Gasteiger charge is -2.38. The second kappa shape index (κ2) is 12.1. The van der Waals surface area contributed by atoms with Crippen LogP contribution >= 0.6 is 0 Å². The van der Waals surface area contributed by atoms with Crippen LogP contribution in [0.25, 0.3) is 0 Å². The van der Waals surface area contributed by atoms with Gasteiger partial charge in [0.25, 0.3) is 0 Å². The highest BCUT2D eigenvalue weighted by Crippen LogP contribution is 2.40. The molecule has 5 rings (SSSR count). The van der Waals surface area contributed by atoms with Crippen molar-refractivity contribution in [2.45, 2.75) is 43.4 Å². The number of nitrogens with zero attached hydrogens (tertiary/aromatic N) is 2. The zero-order chi connectivity index (χ0) is 28.2. The van der Waals surface area contributed by atoms with Crippen LogP contribution in [-0.2, 0) is 45.1 Å². The number of aliphatic carboxylic acids is 2. The van der Waals surface area contributed by atoms with E-state index in [0.717, 1.165) is 26.2 Å². The van der Waals surface area contributed by atoms with E-state index < -0.39 is 21.8 Å². The monoisotopic (exact) mass is 554 g/mol. The van der Waals surface area contributed by atoms with Crippen molar-refractivity contribution in [1.29, 1.82) is 0 Å². The molecule has 3 aliphatic rings. The Morgan fingerprint density at radius 1 is 0.821 bits per heavy atom. The van der Waals surface area contributed by atoms with Gasteiger partial charge in [0, 0.05) is 55.8 Å². The van der Waals surface area contributed by atoms with Gasteiger partial charge in [-0.15, -0.1) is 0 Å². The molecule has 1 aliphatic heterocycles. The van der Waals surface area contributed by atoms with Crippen molar-refractivity contribution < 1.29 is 33.0 Å². The molecule has 208 valence electrons. The number of carboxylic acids is 2. The first-order valence-electron chi connectivity index (χ1n) is 13.1. The van der Waals surface area contributed by atoms with Crippen molar-refractivity contribution in [1.82, 2.24) is 4.90 Å². The summed E-state index contributed by atoms with van der Waals surface area (Å²) < 4.78 is 23.2. The number of aryl methyl sites for hydroxylation is 2. The van der Waals surface area contributed by atoms with Gasteiger partial charge in [-0.25, -0.2) is 18.0 Å². The normalized spacial score (nSPS) is 16.9. The molecule has 1 saturated heterocycles. The fourth-order valence-electron chi connectivity index (χ4n) is 5.62. The molecule has 0 spiro atoms. The number of sulfone groups is 1. The fraction of sp³-hybridized carbons (Fsp3) is 0.414. The molecule has 0 aromatic heterocycles. The minimum absolute atomic E-state index is 0.0509. The number of fused-ring (bicyclic) bond motifs is 2. The molecule has 2 aromatic rings. The molecule has 0 bridgehead atoms. The van der Waals surface area contributed by atoms with Crippen LogP contribution in [0.5, 0.6) is 0 Å². The smallest absolute Gasteiger partial charge is 0.328 e. The van der Waals surface area contributed by atoms with E-state index in [1.165, 1.54) is 62.6 Å². The third-order valence-electron chi connectivity index (χ3n) is 7.47. The first-order valence-corrected chi connectivity index (χ1v) is 15.0. The molecule has 2 aromatic carbocycles. The number of piperazine rings is 1. The minimum atomic E-state index is -3.24. The maximum atomic E-state index is 12.7. The Bertz CT molecular complexity index is 1340. The van der Waals surface area contributed by atoms with Gasteiger partial charge in [-0.05, 0) is 72.9 Å². The van der Waals surface area contributed by atoms with Crippen LogP contribution < -0.4 is 4.90 Å². The Hall–Kier alpha value is -3.50. The molecular weight excluding hydrogens is 520 g/mol. The molecule has 1 heterocycles. The second-order valence-electron chi connectivity index (χ2n) is 10.2. The lowest BCUT2D eigenvalue weighted by molar-refractivity contribution is -0.134. The molecule has 10 heteroatoms. The number of Topliss-reactive ketones (excluding diaryl/α,β-unsaturated/α-hetero) is 1. The fourth-order valence-corrected chi connectivity index (χ4v) is 6.25. The largest absolute Gasteiger partial charge is 0.478 e. The summed E-state index contributed by atoms with van der Waals surface area (Å²) >= 11 is 0. The lowest BCUT2D eigenvalue weighted by Crippen LogP contribution is -2.48. The molecule has 2 aliphatic carbocycles. The Kier molecular flexibility index (Phi) is 8.87. The summed E-state index contributed by atoms with van der Waals surface area (Å²) in [5, 5.41) is 15.6. The SMILES string of the molecule is CS(=O)(=O)c1ccc(C(=O)CN2CCN(c3c4c(cc5c3CCC5)CCC4)CC2)cc1.O=C(O)/C=C\C(=O)O. The quantitative estimate of drug-likeness (QED) is 0.392. The summed E-state index contributed by atoms with van der Waals surface area (Å²) in [7, 11) is -3.24. The number of hydrogen-bond acceptors (Lipinski definition) is 7. The Morgan fingerprint density at radius 2 is 1.33 bits per heavy atom. The molecule has 39 heavy (non-hydrogen) atoms. The minimum Gasteiger partial charge on any atom is -0.478 e. The second-order valence-corrected chi connectivity index (χ2v) is 12.2. The zero-order valence-corrected chi connectivity index (χ0v) is 22.9. The average Bonchev–Trinajstić information content (AvgIpc) is 3.56. The summed E-state index contributed by atoms with van der Waals surface area (Å²) in [6.07, 6.45) is 9.71. The van der Waals surface area contributed by atoms with E-state index in [1.54, 1.807) is 34.4 Å². The zero-order valence-electron chi connectivity index (χ0n) is 22.1. The molecule has 0 unspecified atom stereocenters. The highest BCUT2D eigenvalue weighted by Gasteiger charge is 2.29. The summed E-state index contributed by atoms with van der Waals surface area (Å²) in [4.78, 5) is 36.9. The standard InChI is InChI=1S/C25H30N2O3S.C4H4O4/c1-31(29,30)21-10-8-18(9-11-21)24(28)17-26-12-14-27(15-13-26)25-22-6-2-4-19(22)16-20-5-3-7-23(20)25;5-3(6)1-2-4(7)8/h8-11,16H,2-7,12-15,17H2,1H3;1-2H,(H,5,6)(H,7,8)/b;2-1-. The number of rotatable bonds is 7. The van der Waals surface area contributed by atoms with Gasteiger partial charge in [-0.1, -0.05) is 18.2 Å². The van der Waals surface area contributed by atoms with Gasteiger partial charge in [0.15, 0.2) is 15.6 Å². The van der Waals surface area contributed by atoms with Gasteiger partial charge in [0.1, 0.15) is 0 Å². The number of carbonyl (C=O) groups is 3. The maximum absolute atomic E-state index is 12.7. The summed E-state index contributed by atoms with van der Waals surface area (Å²) in [6.45, 7) is 4.07. The van der Waals surface area contributed by atoms with Crippen molar-refractivity contribution >= 4 is 33.2 Å². The predicted molar refractivity (Wildman–Crippen MR) is 147 cm³/mol. The third-order valence-corrected chi connectivity index (χ3v) is 8.60. The molecule has 0 saturated carbocycles. The number of benzene rings is 2. The summed E-state index contributed by atoms with van der Waals surface area (Å²) in [6, 6.07) is 8.79. The molecule has 0 amide bonds. The van der Waals surface area contributed by atoms with Gasteiger partial charge in [-0.3, -0.25) is 9.69 Å². The number of carboxylic acid groups (broad SMARTS) is 2. The number of ketones is 1. The van der Waals surface area contributed by atoms with Gasteiger partial charge in [-0.2, -0.15) is 0 Å². The summed E-state index contributed by atoms with van der Waals surface area (Å²) in [5.74, 6) is -2.46. The van der Waals surface area contributed by atoms with E-state index >= 15 is 0 Å². The first-order chi connectivity index (χ1) is 18.5. The predicted octanol–water partition coefficient (Wildman–Crippen LogP) is 2.78.